The number of ether oxygens (including phenoxy) is 2. The number of nitrogens with zero attached hydrogens (tertiary/aromatic N) is 1. The van der Waals surface area contributed by atoms with Crippen LogP contribution in [0.15, 0.2) is 71.5 Å². The molecule has 0 aliphatic carbocycles. The molecule has 26 heavy (non-hydrogen) atoms. The van der Waals surface area contributed by atoms with E-state index in [0.29, 0.717) is 12.2 Å². The van der Waals surface area contributed by atoms with Gasteiger partial charge >= 0.3 is 0 Å². The van der Waals surface area contributed by atoms with Gasteiger partial charge in [-0.3, -0.25) is 4.98 Å². The fourth-order valence-electron chi connectivity index (χ4n) is 3.03. The van der Waals surface area contributed by atoms with Gasteiger partial charge in [0.15, 0.2) is 5.67 Å². The Bertz CT molecular complexity index is 916. The van der Waals surface area contributed by atoms with Gasteiger partial charge in [-0.1, -0.05) is 34.1 Å². The van der Waals surface area contributed by atoms with Crippen molar-refractivity contribution in [1.82, 2.24) is 4.98 Å². The van der Waals surface area contributed by atoms with E-state index in [2.05, 4.69) is 20.9 Å². The number of benzene rings is 2. The lowest BCUT2D eigenvalue weighted by molar-refractivity contribution is 0.0644. The molecule has 0 amide bonds. The maximum Gasteiger partial charge on any atom is 0.175 e. The van der Waals surface area contributed by atoms with Gasteiger partial charge in [0.05, 0.1) is 0 Å². The zero-order valence-corrected chi connectivity index (χ0v) is 15.6. The second-order valence-corrected chi connectivity index (χ2v) is 7.28. The van der Waals surface area contributed by atoms with Crippen molar-refractivity contribution in [2.24, 2.45) is 0 Å². The minimum atomic E-state index is -1.59. The summed E-state index contributed by atoms with van der Waals surface area (Å²) >= 11 is 3.39. The second kappa shape index (κ2) is 7.08. The molecule has 2 heterocycles. The lowest BCUT2D eigenvalue weighted by Crippen LogP contribution is -2.35. The Hall–Kier alpha value is -2.40. The van der Waals surface area contributed by atoms with Crippen LogP contribution < -0.4 is 9.47 Å². The molecule has 0 N–H and O–H groups in total. The predicted octanol–water partition coefficient (Wildman–Crippen LogP) is 5.22. The van der Waals surface area contributed by atoms with E-state index in [-0.39, 0.29) is 13.0 Å². The number of hydrogen-bond acceptors (Lipinski definition) is 3. The molecule has 0 spiro atoms. The third-order valence-electron chi connectivity index (χ3n) is 4.43. The predicted molar refractivity (Wildman–Crippen MR) is 101 cm³/mol. The summed E-state index contributed by atoms with van der Waals surface area (Å²) in [6, 6.07) is 17.0. The molecule has 0 bridgehead atoms. The van der Waals surface area contributed by atoms with Crippen LogP contribution in [0.1, 0.15) is 16.7 Å². The summed E-state index contributed by atoms with van der Waals surface area (Å²) in [5, 5.41) is 0. The first kappa shape index (κ1) is 17.0. The normalized spacial score (nSPS) is 18.7. The molecule has 1 aromatic heterocycles. The van der Waals surface area contributed by atoms with Crippen LogP contribution in [0.5, 0.6) is 11.5 Å². The van der Waals surface area contributed by atoms with Crippen LogP contribution in [0, 0.1) is 0 Å². The zero-order valence-electron chi connectivity index (χ0n) is 14.0. The summed E-state index contributed by atoms with van der Waals surface area (Å²) in [5.41, 5.74) is 0.623. The minimum absolute atomic E-state index is 0.0112. The Morgan fingerprint density at radius 2 is 1.92 bits per heavy atom. The van der Waals surface area contributed by atoms with E-state index in [1.54, 1.807) is 12.4 Å². The van der Waals surface area contributed by atoms with Crippen molar-refractivity contribution in [2.75, 3.05) is 6.61 Å². The number of halogens is 2. The fraction of sp³-hybridized carbons (Fsp3) is 0.190. The molecule has 0 saturated carbocycles. The summed E-state index contributed by atoms with van der Waals surface area (Å²) in [6.45, 7) is 0.318. The summed E-state index contributed by atoms with van der Waals surface area (Å²) < 4.78 is 28.0. The zero-order chi connectivity index (χ0) is 18.0. The number of aromatic nitrogens is 1. The quantitative estimate of drug-likeness (QED) is 0.587. The monoisotopic (exact) mass is 413 g/mol. The Morgan fingerprint density at radius 1 is 1.12 bits per heavy atom. The van der Waals surface area contributed by atoms with Crippen LogP contribution in [0.3, 0.4) is 0 Å². The summed E-state index contributed by atoms with van der Waals surface area (Å²) in [5.74, 6) is 1.51. The van der Waals surface area contributed by atoms with Crippen LogP contribution >= 0.6 is 15.9 Å². The number of para-hydroxylation sites is 1. The van der Waals surface area contributed by atoms with Crippen LogP contribution in [-0.2, 0) is 18.7 Å². The highest BCUT2D eigenvalue weighted by atomic mass is 79.9. The highest BCUT2D eigenvalue weighted by molar-refractivity contribution is 9.10. The topological polar surface area (TPSA) is 31.4 Å². The van der Waals surface area contributed by atoms with Gasteiger partial charge in [-0.2, -0.15) is 0 Å². The summed E-state index contributed by atoms with van der Waals surface area (Å²) in [7, 11) is 0. The van der Waals surface area contributed by atoms with Crippen LogP contribution in [-0.4, -0.2) is 11.6 Å². The van der Waals surface area contributed by atoms with E-state index in [4.69, 9.17) is 9.47 Å². The molecule has 3 aromatic rings. The van der Waals surface area contributed by atoms with Gasteiger partial charge in [0.2, 0.25) is 0 Å². The summed E-state index contributed by atoms with van der Waals surface area (Å²) in [6.07, 6.45) is 3.55. The number of rotatable bonds is 4. The smallest absolute Gasteiger partial charge is 0.175 e. The molecule has 1 aliphatic heterocycles. The molecule has 1 atom stereocenters. The molecule has 1 aliphatic rings. The van der Waals surface area contributed by atoms with E-state index < -0.39 is 5.67 Å². The van der Waals surface area contributed by atoms with Gasteiger partial charge in [0.1, 0.15) is 24.7 Å². The van der Waals surface area contributed by atoms with Gasteiger partial charge in [-0.15, -0.1) is 0 Å². The van der Waals surface area contributed by atoms with Crippen molar-refractivity contribution in [2.45, 2.75) is 18.7 Å². The van der Waals surface area contributed by atoms with E-state index in [1.165, 1.54) is 0 Å². The third-order valence-corrected chi connectivity index (χ3v) is 4.96. The minimum Gasteiger partial charge on any atom is -0.490 e. The van der Waals surface area contributed by atoms with Gasteiger partial charge in [0.25, 0.3) is 0 Å². The molecule has 4 rings (SSSR count). The van der Waals surface area contributed by atoms with E-state index in [9.17, 15) is 0 Å². The SMILES string of the molecule is FC1(c2cncc(COc3ccc(Br)cc3)c2)COc2ccccc2C1. The van der Waals surface area contributed by atoms with E-state index >= 15 is 4.39 Å². The molecule has 0 fully saturated rings. The third kappa shape index (κ3) is 3.58. The Morgan fingerprint density at radius 3 is 2.77 bits per heavy atom. The average Bonchev–Trinajstić information content (AvgIpc) is 2.68. The van der Waals surface area contributed by atoms with Gasteiger partial charge in [-0.25, -0.2) is 4.39 Å². The van der Waals surface area contributed by atoms with Gasteiger partial charge in [0, 0.05) is 34.4 Å². The largest absolute Gasteiger partial charge is 0.490 e. The van der Waals surface area contributed by atoms with Crippen LogP contribution in [0.2, 0.25) is 0 Å². The van der Waals surface area contributed by atoms with Crippen molar-refractivity contribution in [3.8, 4) is 11.5 Å². The Labute approximate surface area is 159 Å². The number of fused-ring (bicyclic) bond motifs is 1. The molecule has 0 radical (unpaired) electrons. The average molecular weight is 414 g/mol. The van der Waals surface area contributed by atoms with Crippen molar-refractivity contribution < 1.29 is 13.9 Å². The molecule has 3 nitrogen and oxygen atoms in total. The van der Waals surface area contributed by atoms with Gasteiger partial charge < -0.3 is 9.47 Å². The summed E-state index contributed by atoms with van der Waals surface area (Å²) in [4.78, 5) is 4.20. The van der Waals surface area contributed by atoms with E-state index in [0.717, 1.165) is 27.1 Å². The second-order valence-electron chi connectivity index (χ2n) is 6.36. The van der Waals surface area contributed by atoms with Crippen LogP contribution in [0.25, 0.3) is 0 Å². The van der Waals surface area contributed by atoms with Crippen LogP contribution in [0.4, 0.5) is 4.39 Å². The van der Waals surface area contributed by atoms with Crippen molar-refractivity contribution in [1.29, 1.82) is 0 Å². The first-order valence-corrected chi connectivity index (χ1v) is 9.14. The van der Waals surface area contributed by atoms with Crippen molar-refractivity contribution in [3.63, 3.8) is 0 Å². The van der Waals surface area contributed by atoms with E-state index in [1.807, 2.05) is 54.6 Å². The molecule has 0 saturated heterocycles. The maximum absolute atomic E-state index is 15.6. The standard InChI is InChI=1S/C21H17BrFNO2/c22-18-5-7-19(8-6-18)25-13-15-9-17(12-24-11-15)21(23)10-16-3-1-2-4-20(16)26-14-21/h1-9,11-12H,10,13-14H2. The number of pyridine rings is 1. The highest BCUT2D eigenvalue weighted by Gasteiger charge is 2.38. The molecular formula is C21H17BrFNO2. The Balaban J connectivity index is 1.51. The highest BCUT2D eigenvalue weighted by Crippen LogP contribution is 2.38. The lowest BCUT2D eigenvalue weighted by atomic mass is 9.88. The maximum atomic E-state index is 15.6. The molecule has 132 valence electrons. The van der Waals surface area contributed by atoms with Crippen molar-refractivity contribution in [3.05, 3.63) is 88.2 Å². The first-order valence-electron chi connectivity index (χ1n) is 8.35. The molecular weight excluding hydrogens is 397 g/mol. The molecule has 5 heteroatoms. The molecule has 2 aromatic carbocycles. The fourth-order valence-corrected chi connectivity index (χ4v) is 3.29. The first-order chi connectivity index (χ1) is 12.6. The van der Waals surface area contributed by atoms with Crippen molar-refractivity contribution >= 4 is 15.9 Å². The van der Waals surface area contributed by atoms with Gasteiger partial charge in [-0.05, 0) is 42.0 Å². The number of hydrogen-bond donors (Lipinski definition) is 0. The lowest BCUT2D eigenvalue weighted by Gasteiger charge is -2.31. The Kier molecular flexibility index (Phi) is 4.64. The number of alkyl halides is 1. The molecule has 1 unspecified atom stereocenters.